The number of carbonyl (C=O) groups is 1. The molecule has 37 heavy (non-hydrogen) atoms. The lowest BCUT2D eigenvalue weighted by Gasteiger charge is -2.28. The number of aromatic nitrogens is 4. The lowest BCUT2D eigenvalue weighted by molar-refractivity contribution is 0.109. The van der Waals surface area contributed by atoms with Gasteiger partial charge in [-0.2, -0.15) is 0 Å². The number of carbonyl (C=O) groups excluding carboxylic acids is 1. The molecule has 2 aromatic heterocycles. The molecule has 1 aliphatic rings. The molecular formula is C25H34N6O4S2. The first kappa shape index (κ1) is 27.1. The largest absolute Gasteiger partial charge is 0.447 e. The summed E-state index contributed by atoms with van der Waals surface area (Å²) < 4.78 is 33.4. The molecule has 0 unspecified atom stereocenters. The second kappa shape index (κ2) is 11.2. The van der Waals surface area contributed by atoms with Gasteiger partial charge in [-0.05, 0) is 65.5 Å². The van der Waals surface area contributed by atoms with Gasteiger partial charge in [0.2, 0.25) is 0 Å². The van der Waals surface area contributed by atoms with Crippen molar-refractivity contribution in [1.29, 1.82) is 0 Å². The number of nitrogens with zero attached hydrogens (tertiary/aromatic N) is 4. The van der Waals surface area contributed by atoms with E-state index >= 15 is 0 Å². The van der Waals surface area contributed by atoms with Gasteiger partial charge in [-0.25, -0.2) is 18.2 Å². The van der Waals surface area contributed by atoms with E-state index in [-0.39, 0.29) is 29.1 Å². The molecule has 0 saturated heterocycles. The number of rotatable bonds is 8. The van der Waals surface area contributed by atoms with Crippen LogP contribution in [-0.2, 0) is 21.6 Å². The number of benzene rings is 1. The van der Waals surface area contributed by atoms with Crippen LogP contribution in [0.15, 0.2) is 35.5 Å². The molecule has 1 fully saturated rings. The summed E-state index contributed by atoms with van der Waals surface area (Å²) in [7, 11) is -1.80. The molecule has 0 spiro atoms. The van der Waals surface area contributed by atoms with Crippen molar-refractivity contribution in [2.75, 3.05) is 5.32 Å². The molecule has 0 radical (unpaired) electrons. The van der Waals surface area contributed by atoms with Gasteiger partial charge in [-0.3, -0.25) is 4.68 Å². The van der Waals surface area contributed by atoms with E-state index in [1.165, 1.54) is 11.3 Å². The SMILES string of the molecule is CC(C)OC(=O)N[C@H]1CC[C@H](c2ncc(-c3ccc(Nc4cn(C)nn4)cc3S(=O)(=O)C(C)C)s2)CC1. The van der Waals surface area contributed by atoms with Crippen LogP contribution < -0.4 is 10.6 Å². The zero-order valence-corrected chi connectivity index (χ0v) is 23.4. The first-order valence-corrected chi connectivity index (χ1v) is 14.8. The molecule has 3 aromatic rings. The van der Waals surface area contributed by atoms with Crippen molar-refractivity contribution in [2.24, 2.45) is 7.05 Å². The zero-order chi connectivity index (χ0) is 26.7. The number of hydrogen-bond donors (Lipinski definition) is 2. The number of hydrogen-bond acceptors (Lipinski definition) is 9. The standard InChI is InChI=1S/C25H34N6O4S2/c1-15(2)35-25(32)28-18-8-6-17(7-9-18)24-26-13-21(36-24)20-11-10-19(27-23-14-31(5)30-29-23)12-22(20)37(33,34)16(3)4/h10-18,27H,6-9H2,1-5H3,(H,28,32)/t17-,18-. The number of amides is 1. The van der Waals surface area contributed by atoms with Gasteiger partial charge in [0.15, 0.2) is 15.7 Å². The van der Waals surface area contributed by atoms with Crippen LogP contribution in [0.4, 0.5) is 16.3 Å². The molecule has 0 aliphatic heterocycles. The molecule has 1 aromatic carbocycles. The van der Waals surface area contributed by atoms with Gasteiger partial charge in [-0.1, -0.05) is 11.3 Å². The summed E-state index contributed by atoms with van der Waals surface area (Å²) >= 11 is 1.54. The van der Waals surface area contributed by atoms with E-state index in [0.29, 0.717) is 17.1 Å². The molecule has 12 heteroatoms. The lowest BCUT2D eigenvalue weighted by atomic mass is 9.86. The van der Waals surface area contributed by atoms with E-state index in [2.05, 4.69) is 25.9 Å². The van der Waals surface area contributed by atoms with E-state index in [1.54, 1.807) is 44.0 Å². The molecule has 1 saturated carbocycles. The van der Waals surface area contributed by atoms with Gasteiger partial charge in [0.25, 0.3) is 0 Å². The van der Waals surface area contributed by atoms with Gasteiger partial charge in [0.1, 0.15) is 0 Å². The highest BCUT2D eigenvalue weighted by Gasteiger charge is 2.28. The van der Waals surface area contributed by atoms with Crippen LogP contribution >= 0.6 is 11.3 Å². The predicted molar refractivity (Wildman–Crippen MR) is 144 cm³/mol. The average Bonchev–Trinajstić information content (AvgIpc) is 3.48. The van der Waals surface area contributed by atoms with E-state index in [4.69, 9.17) is 4.74 Å². The molecular weight excluding hydrogens is 512 g/mol. The van der Waals surface area contributed by atoms with Crippen molar-refractivity contribution in [3.8, 4) is 10.4 Å². The molecule has 10 nitrogen and oxygen atoms in total. The van der Waals surface area contributed by atoms with E-state index in [0.717, 1.165) is 35.6 Å². The maximum Gasteiger partial charge on any atom is 0.407 e. The molecule has 200 valence electrons. The Balaban J connectivity index is 1.53. The third kappa shape index (κ3) is 6.48. The summed E-state index contributed by atoms with van der Waals surface area (Å²) in [5.41, 5.74) is 1.27. The minimum Gasteiger partial charge on any atom is -0.447 e. The molecule has 0 bridgehead atoms. The summed E-state index contributed by atoms with van der Waals surface area (Å²) in [6.07, 6.45) is 6.48. The molecule has 2 heterocycles. The maximum absolute atomic E-state index is 13.3. The first-order chi connectivity index (χ1) is 17.5. The molecule has 1 amide bonds. The van der Waals surface area contributed by atoms with E-state index in [1.807, 2.05) is 26.0 Å². The number of aryl methyl sites for hydroxylation is 1. The van der Waals surface area contributed by atoms with Crippen molar-refractivity contribution in [3.05, 3.63) is 35.6 Å². The minimum atomic E-state index is -3.56. The summed E-state index contributed by atoms with van der Waals surface area (Å²) in [6.45, 7) is 7.03. The maximum atomic E-state index is 13.3. The lowest BCUT2D eigenvalue weighted by Crippen LogP contribution is -2.38. The Kier molecular flexibility index (Phi) is 8.17. The highest BCUT2D eigenvalue weighted by Crippen LogP contribution is 2.40. The Morgan fingerprint density at radius 3 is 2.51 bits per heavy atom. The topological polar surface area (TPSA) is 128 Å². The number of ether oxygens (including phenoxy) is 1. The van der Waals surface area contributed by atoms with E-state index in [9.17, 15) is 13.2 Å². The van der Waals surface area contributed by atoms with Crippen LogP contribution in [0.2, 0.25) is 0 Å². The third-order valence-electron chi connectivity index (χ3n) is 6.31. The highest BCUT2D eigenvalue weighted by atomic mass is 32.2. The van der Waals surface area contributed by atoms with Crippen molar-refractivity contribution < 1.29 is 17.9 Å². The Labute approximate surface area is 221 Å². The molecule has 4 rings (SSSR count). The van der Waals surface area contributed by atoms with Gasteiger partial charge in [0, 0.05) is 36.5 Å². The van der Waals surface area contributed by atoms with E-state index < -0.39 is 15.1 Å². The number of sulfone groups is 1. The molecule has 0 atom stereocenters. The summed E-state index contributed by atoms with van der Waals surface area (Å²) in [6, 6.07) is 5.42. The van der Waals surface area contributed by atoms with Crippen LogP contribution in [0.1, 0.15) is 64.3 Å². The summed E-state index contributed by atoms with van der Waals surface area (Å²) in [4.78, 5) is 17.7. The normalized spacial score (nSPS) is 18.2. The van der Waals surface area contributed by atoms with Gasteiger partial charge < -0.3 is 15.4 Å². The van der Waals surface area contributed by atoms with Crippen LogP contribution in [0.25, 0.3) is 10.4 Å². The second-order valence-electron chi connectivity index (χ2n) is 9.92. The molecule has 1 aliphatic carbocycles. The zero-order valence-electron chi connectivity index (χ0n) is 21.8. The average molecular weight is 547 g/mol. The van der Waals surface area contributed by atoms with Crippen molar-refractivity contribution in [1.82, 2.24) is 25.3 Å². The van der Waals surface area contributed by atoms with Gasteiger partial charge >= 0.3 is 6.09 Å². The Morgan fingerprint density at radius 2 is 1.89 bits per heavy atom. The van der Waals surface area contributed by atoms with Crippen molar-refractivity contribution in [3.63, 3.8) is 0 Å². The van der Waals surface area contributed by atoms with Crippen LogP contribution in [0, 0.1) is 0 Å². The molecule has 2 N–H and O–H groups in total. The third-order valence-corrected chi connectivity index (χ3v) is 9.70. The Morgan fingerprint density at radius 1 is 1.16 bits per heavy atom. The number of alkyl carbamates (subject to hydrolysis) is 1. The first-order valence-electron chi connectivity index (χ1n) is 12.5. The fourth-order valence-electron chi connectivity index (χ4n) is 4.35. The second-order valence-corrected chi connectivity index (χ2v) is 13.5. The van der Waals surface area contributed by atoms with Crippen LogP contribution in [0.5, 0.6) is 0 Å². The smallest absolute Gasteiger partial charge is 0.407 e. The monoisotopic (exact) mass is 546 g/mol. The van der Waals surface area contributed by atoms with Crippen LogP contribution in [-0.4, -0.2) is 51.9 Å². The fourth-order valence-corrected chi connectivity index (χ4v) is 6.82. The van der Waals surface area contributed by atoms with Crippen molar-refractivity contribution >= 4 is 38.8 Å². The predicted octanol–water partition coefficient (Wildman–Crippen LogP) is 5.03. The number of anilines is 2. The van der Waals surface area contributed by atoms with Gasteiger partial charge in [0.05, 0.1) is 32.3 Å². The summed E-state index contributed by atoms with van der Waals surface area (Å²) in [5, 5.41) is 14.4. The Hall–Kier alpha value is -2.99. The fraction of sp³-hybridized carbons (Fsp3) is 0.520. The van der Waals surface area contributed by atoms with Crippen molar-refractivity contribution in [2.45, 2.75) is 81.6 Å². The highest BCUT2D eigenvalue weighted by molar-refractivity contribution is 7.92. The number of nitrogens with one attached hydrogen (secondary N) is 2. The van der Waals surface area contributed by atoms with Crippen LogP contribution in [0.3, 0.4) is 0 Å². The number of thiazole rings is 1. The minimum absolute atomic E-state index is 0.0964. The Bertz CT molecular complexity index is 1340. The summed E-state index contributed by atoms with van der Waals surface area (Å²) in [5.74, 6) is 0.812. The van der Waals surface area contributed by atoms with Gasteiger partial charge in [-0.15, -0.1) is 16.4 Å². The quantitative estimate of drug-likeness (QED) is 0.403.